The molecule has 178 valence electrons. The minimum Gasteiger partial charge on any atom is -0.413 e. The molecule has 1 aliphatic carbocycles. The Balaban J connectivity index is 1.63. The fourth-order valence-corrected chi connectivity index (χ4v) is 5.58. The quantitative estimate of drug-likeness (QED) is 0.413. The van der Waals surface area contributed by atoms with Gasteiger partial charge in [-0.05, 0) is 66.2 Å². The third-order valence-electron chi connectivity index (χ3n) is 7.66. The minimum absolute atomic E-state index is 0.110. The van der Waals surface area contributed by atoms with Crippen LogP contribution in [0.5, 0.6) is 0 Å². The van der Waals surface area contributed by atoms with Crippen molar-refractivity contribution in [3.05, 3.63) is 58.6 Å². The zero-order valence-corrected chi connectivity index (χ0v) is 22.6. The molecular weight excluding hydrogens is 448 g/mol. The van der Waals surface area contributed by atoms with Crippen molar-refractivity contribution in [3.63, 3.8) is 0 Å². The maximum Gasteiger partial charge on any atom is 0.224 e. The van der Waals surface area contributed by atoms with Crippen molar-refractivity contribution >= 4 is 37.2 Å². The van der Waals surface area contributed by atoms with Gasteiger partial charge in [-0.2, -0.15) is 0 Å². The third kappa shape index (κ3) is 5.15. The van der Waals surface area contributed by atoms with E-state index in [1.165, 1.54) is 24.0 Å². The Bertz CT molecular complexity index is 1030. The van der Waals surface area contributed by atoms with Crippen LogP contribution >= 0.6 is 11.6 Å². The molecule has 0 N–H and O–H groups in total. The first-order valence-electron chi connectivity index (χ1n) is 12.0. The molecule has 2 aliphatic rings. The van der Waals surface area contributed by atoms with Gasteiger partial charge < -0.3 is 14.2 Å². The molecule has 1 atom stereocenters. The van der Waals surface area contributed by atoms with Crippen LogP contribution < -0.4 is 9.80 Å². The van der Waals surface area contributed by atoms with Gasteiger partial charge in [-0.15, -0.1) is 0 Å². The first-order chi connectivity index (χ1) is 15.5. The number of nitrogens with zero attached hydrogens (tertiary/aromatic N) is 2. The van der Waals surface area contributed by atoms with Gasteiger partial charge >= 0.3 is 0 Å². The topological polar surface area (TPSA) is 32.8 Å². The van der Waals surface area contributed by atoms with E-state index in [1.54, 1.807) is 6.92 Å². The van der Waals surface area contributed by atoms with Crippen LogP contribution in [0.4, 0.5) is 11.4 Å². The number of halogens is 1. The van der Waals surface area contributed by atoms with Crippen molar-refractivity contribution in [1.29, 1.82) is 0 Å². The van der Waals surface area contributed by atoms with Gasteiger partial charge in [0.25, 0.3) is 0 Å². The van der Waals surface area contributed by atoms with Crippen molar-refractivity contribution < 1.29 is 9.22 Å². The predicted octanol–water partition coefficient (Wildman–Crippen LogP) is 7.01. The van der Waals surface area contributed by atoms with E-state index in [2.05, 4.69) is 63.0 Å². The minimum atomic E-state index is -1.84. The van der Waals surface area contributed by atoms with E-state index in [4.69, 9.17) is 16.0 Å². The molecule has 4 rings (SSSR count). The Kier molecular flexibility index (Phi) is 6.69. The van der Waals surface area contributed by atoms with E-state index < -0.39 is 8.32 Å². The summed E-state index contributed by atoms with van der Waals surface area (Å²) >= 11 is 6.41. The van der Waals surface area contributed by atoms with E-state index in [0.29, 0.717) is 17.5 Å². The first kappa shape index (κ1) is 24.3. The number of amides is 1. The number of hydrogen-bond donors (Lipinski definition) is 0. The SMILES string of the molecule is CC(=O)N1c2ccc(Cl)cc2N(Cc2ccccc2CO[Si](C)(C)C(C)(C)C)C[C@@H]1C1CC1. The lowest BCUT2D eigenvalue weighted by molar-refractivity contribution is -0.117. The van der Waals surface area contributed by atoms with Crippen LogP contribution in [-0.4, -0.2) is 26.8 Å². The summed E-state index contributed by atoms with van der Waals surface area (Å²) < 4.78 is 6.56. The Labute approximate surface area is 205 Å². The van der Waals surface area contributed by atoms with Gasteiger partial charge in [-0.25, -0.2) is 0 Å². The second-order valence-corrected chi connectivity index (χ2v) is 16.4. The highest BCUT2D eigenvalue weighted by Crippen LogP contribution is 2.45. The highest BCUT2D eigenvalue weighted by atomic mass is 35.5. The molecule has 33 heavy (non-hydrogen) atoms. The number of fused-ring (bicyclic) bond motifs is 1. The highest BCUT2D eigenvalue weighted by molar-refractivity contribution is 6.74. The van der Waals surface area contributed by atoms with Gasteiger partial charge in [-0.1, -0.05) is 56.6 Å². The molecule has 1 aliphatic heterocycles. The number of benzene rings is 2. The van der Waals surface area contributed by atoms with Gasteiger partial charge in [0, 0.05) is 25.0 Å². The zero-order chi connectivity index (χ0) is 24.0. The molecule has 0 unspecified atom stereocenters. The van der Waals surface area contributed by atoms with Crippen LogP contribution in [0.25, 0.3) is 0 Å². The van der Waals surface area contributed by atoms with Crippen LogP contribution in [0.2, 0.25) is 23.2 Å². The summed E-state index contributed by atoms with van der Waals surface area (Å²) in [5.41, 5.74) is 4.52. The molecule has 0 aromatic heterocycles. The second kappa shape index (κ2) is 9.08. The number of rotatable bonds is 6. The Morgan fingerprint density at radius 2 is 1.76 bits per heavy atom. The van der Waals surface area contributed by atoms with Gasteiger partial charge in [0.05, 0.1) is 24.0 Å². The maximum atomic E-state index is 12.6. The van der Waals surface area contributed by atoms with Gasteiger partial charge in [0.1, 0.15) is 0 Å². The average molecular weight is 485 g/mol. The second-order valence-electron chi connectivity index (χ2n) is 11.1. The number of carbonyl (C=O) groups is 1. The smallest absolute Gasteiger partial charge is 0.224 e. The highest BCUT2D eigenvalue weighted by Gasteiger charge is 2.42. The monoisotopic (exact) mass is 484 g/mol. The lowest BCUT2D eigenvalue weighted by Crippen LogP contribution is -2.52. The summed E-state index contributed by atoms with van der Waals surface area (Å²) in [4.78, 5) is 17.0. The largest absolute Gasteiger partial charge is 0.413 e. The van der Waals surface area contributed by atoms with E-state index in [1.807, 2.05) is 23.1 Å². The molecule has 2 aromatic carbocycles. The number of carbonyl (C=O) groups excluding carboxylic acids is 1. The molecule has 0 bridgehead atoms. The molecule has 1 fully saturated rings. The van der Waals surface area contributed by atoms with Crippen LogP contribution in [0.15, 0.2) is 42.5 Å². The summed E-state index contributed by atoms with van der Waals surface area (Å²) in [5.74, 6) is 0.690. The van der Waals surface area contributed by atoms with Crippen molar-refractivity contribution in [3.8, 4) is 0 Å². The maximum absolute atomic E-state index is 12.6. The summed E-state index contributed by atoms with van der Waals surface area (Å²) in [5, 5.41) is 0.875. The van der Waals surface area contributed by atoms with E-state index in [0.717, 1.165) is 24.5 Å². The Morgan fingerprint density at radius 1 is 1.09 bits per heavy atom. The van der Waals surface area contributed by atoms with Crippen molar-refractivity contribution in [2.45, 2.75) is 77.9 Å². The molecule has 1 heterocycles. The third-order valence-corrected chi connectivity index (χ3v) is 12.4. The number of hydrogen-bond acceptors (Lipinski definition) is 3. The van der Waals surface area contributed by atoms with Gasteiger partial charge in [0.15, 0.2) is 8.32 Å². The zero-order valence-electron chi connectivity index (χ0n) is 20.8. The molecular formula is C27H37ClN2O2Si. The van der Waals surface area contributed by atoms with Crippen molar-refractivity contribution in [2.24, 2.45) is 5.92 Å². The molecule has 1 saturated carbocycles. The van der Waals surface area contributed by atoms with Crippen LogP contribution in [0.3, 0.4) is 0 Å². The van der Waals surface area contributed by atoms with E-state index >= 15 is 0 Å². The predicted molar refractivity (Wildman–Crippen MR) is 141 cm³/mol. The summed E-state index contributed by atoms with van der Waals surface area (Å²) in [6.07, 6.45) is 2.39. The normalized spacial score (nSPS) is 18.9. The van der Waals surface area contributed by atoms with E-state index in [-0.39, 0.29) is 17.0 Å². The fourth-order valence-electron chi connectivity index (χ4n) is 4.46. The van der Waals surface area contributed by atoms with Gasteiger partial charge in [0.2, 0.25) is 5.91 Å². The molecule has 0 spiro atoms. The molecule has 0 radical (unpaired) electrons. The molecule has 6 heteroatoms. The molecule has 2 aromatic rings. The number of anilines is 2. The van der Waals surface area contributed by atoms with Gasteiger partial charge in [-0.3, -0.25) is 4.79 Å². The first-order valence-corrected chi connectivity index (χ1v) is 15.3. The van der Waals surface area contributed by atoms with Crippen molar-refractivity contribution in [2.75, 3.05) is 16.3 Å². The summed E-state index contributed by atoms with van der Waals surface area (Å²) in [6, 6.07) is 14.7. The summed E-state index contributed by atoms with van der Waals surface area (Å²) in [7, 11) is -1.84. The van der Waals surface area contributed by atoms with Crippen molar-refractivity contribution in [1.82, 2.24) is 0 Å². The molecule has 0 saturated heterocycles. The lowest BCUT2D eigenvalue weighted by Gasteiger charge is -2.44. The van der Waals surface area contributed by atoms with Crippen LogP contribution in [-0.2, 0) is 22.4 Å². The lowest BCUT2D eigenvalue weighted by atomic mass is 10.0. The Morgan fingerprint density at radius 3 is 2.36 bits per heavy atom. The Hall–Kier alpha value is -1.82. The average Bonchev–Trinajstić information content (AvgIpc) is 3.57. The van der Waals surface area contributed by atoms with E-state index in [9.17, 15) is 4.79 Å². The standard InChI is InChI=1S/C27H37ClN2O2Si/c1-19(31)30-24-14-13-23(28)15-25(24)29(17-26(30)20-11-12-20)16-21-9-7-8-10-22(21)18-32-33(5,6)27(2,3)4/h7-10,13-15,20,26H,11-12,16-18H2,1-6H3/t26-/m1/s1. The summed E-state index contributed by atoms with van der Waals surface area (Å²) in [6.45, 7) is 15.3. The fraction of sp³-hybridized carbons (Fsp3) is 0.519. The molecule has 1 amide bonds. The van der Waals surface area contributed by atoms with Crippen LogP contribution in [0, 0.1) is 5.92 Å². The van der Waals surface area contributed by atoms with Crippen LogP contribution in [0.1, 0.15) is 51.7 Å². The molecule has 4 nitrogen and oxygen atoms in total.